The number of carbonyl (C=O) groups excluding carboxylic acids is 2. The van der Waals surface area contributed by atoms with E-state index in [1.165, 1.54) is 7.11 Å². The van der Waals surface area contributed by atoms with Crippen LogP contribution in [-0.2, 0) is 25.6 Å². The summed E-state index contributed by atoms with van der Waals surface area (Å²) in [5.41, 5.74) is 2.24. The lowest BCUT2D eigenvalue weighted by atomic mass is 10.5. The molecule has 98 valence electrons. The first-order valence-corrected chi connectivity index (χ1v) is 5.60. The van der Waals surface area contributed by atoms with Gasteiger partial charge in [0.05, 0.1) is 13.7 Å². The minimum Gasteiger partial charge on any atom is -0.466 e. The monoisotopic (exact) mass is 251 g/mol. The van der Waals surface area contributed by atoms with Gasteiger partial charge in [0.15, 0.2) is 0 Å². The second-order valence-corrected chi connectivity index (χ2v) is 3.79. The number of aromatic nitrogens is 1. The van der Waals surface area contributed by atoms with E-state index in [0.717, 1.165) is 23.5 Å². The molecule has 0 unspecified atom stereocenters. The van der Waals surface area contributed by atoms with Crippen LogP contribution in [0.3, 0.4) is 0 Å². The van der Waals surface area contributed by atoms with Gasteiger partial charge in [-0.15, -0.1) is 0 Å². The average Bonchev–Trinajstić information content (AvgIpc) is 2.67. The van der Waals surface area contributed by atoms with Crippen molar-refractivity contribution in [3.63, 3.8) is 0 Å². The van der Waals surface area contributed by atoms with Crippen molar-refractivity contribution in [2.24, 2.45) is 0 Å². The minimum absolute atomic E-state index is 0.265. The van der Waals surface area contributed by atoms with Crippen molar-refractivity contribution < 1.29 is 19.1 Å². The minimum atomic E-state index is -0.580. The smallest absolute Gasteiger partial charge is 0.331 e. The lowest BCUT2D eigenvalue weighted by Gasteiger charge is -2.08. The van der Waals surface area contributed by atoms with Crippen molar-refractivity contribution in [3.05, 3.63) is 35.7 Å². The van der Waals surface area contributed by atoms with Crippen LogP contribution in [0.15, 0.2) is 24.3 Å². The maximum absolute atomic E-state index is 11.2. The predicted octanol–water partition coefficient (Wildman–Crippen LogP) is 1.38. The molecule has 0 aliphatic carbocycles. The molecule has 18 heavy (non-hydrogen) atoms. The predicted molar refractivity (Wildman–Crippen MR) is 66.0 cm³/mol. The Morgan fingerprint density at radius 3 is 2.28 bits per heavy atom. The number of esters is 2. The van der Waals surface area contributed by atoms with Crippen LogP contribution < -0.4 is 0 Å². The first-order valence-electron chi connectivity index (χ1n) is 5.60. The van der Waals surface area contributed by atoms with Crippen LogP contribution in [0.5, 0.6) is 0 Å². The van der Waals surface area contributed by atoms with Gasteiger partial charge in [0.25, 0.3) is 0 Å². The zero-order valence-corrected chi connectivity index (χ0v) is 10.8. The number of nitrogens with zero attached hydrogens (tertiary/aromatic N) is 1. The highest BCUT2D eigenvalue weighted by atomic mass is 16.5. The van der Waals surface area contributed by atoms with E-state index in [9.17, 15) is 9.59 Å². The van der Waals surface area contributed by atoms with Gasteiger partial charge in [-0.2, -0.15) is 0 Å². The van der Waals surface area contributed by atoms with Crippen molar-refractivity contribution in [3.8, 4) is 0 Å². The lowest BCUT2D eigenvalue weighted by Crippen LogP contribution is -2.11. The van der Waals surface area contributed by atoms with Gasteiger partial charge in [-0.1, -0.05) is 0 Å². The summed E-state index contributed by atoms with van der Waals surface area (Å²) in [6, 6.07) is 4.02. The molecule has 1 aromatic heterocycles. The van der Waals surface area contributed by atoms with E-state index in [1.807, 2.05) is 26.0 Å². The van der Waals surface area contributed by atoms with E-state index >= 15 is 0 Å². The molecule has 0 saturated carbocycles. The Morgan fingerprint density at radius 1 is 1.17 bits per heavy atom. The number of hydrogen-bond donors (Lipinski definition) is 0. The van der Waals surface area contributed by atoms with Crippen molar-refractivity contribution in [2.75, 3.05) is 13.7 Å². The van der Waals surface area contributed by atoms with Crippen LogP contribution in [0.1, 0.15) is 11.4 Å². The highest BCUT2D eigenvalue weighted by Gasteiger charge is 2.03. The molecule has 0 fully saturated rings. The second-order valence-electron chi connectivity index (χ2n) is 3.79. The van der Waals surface area contributed by atoms with E-state index in [1.54, 1.807) is 0 Å². The molecule has 0 N–H and O–H groups in total. The van der Waals surface area contributed by atoms with E-state index in [2.05, 4.69) is 9.30 Å². The third-order valence-electron chi connectivity index (χ3n) is 2.53. The SMILES string of the molecule is COC(=O)C=CC(=O)OCCn1c(C)ccc1C. The molecule has 0 aliphatic heterocycles. The fraction of sp³-hybridized carbons (Fsp3) is 0.385. The van der Waals surface area contributed by atoms with Crippen LogP contribution in [0.25, 0.3) is 0 Å². The maximum atomic E-state index is 11.2. The quantitative estimate of drug-likeness (QED) is 0.586. The number of hydrogen-bond acceptors (Lipinski definition) is 4. The molecule has 0 aromatic carbocycles. The van der Waals surface area contributed by atoms with Crippen molar-refractivity contribution in [2.45, 2.75) is 20.4 Å². The van der Waals surface area contributed by atoms with Crippen LogP contribution >= 0.6 is 0 Å². The summed E-state index contributed by atoms with van der Waals surface area (Å²) in [7, 11) is 1.25. The van der Waals surface area contributed by atoms with Gasteiger partial charge in [0, 0.05) is 23.5 Å². The molecule has 5 nitrogen and oxygen atoms in total. The van der Waals surface area contributed by atoms with Gasteiger partial charge >= 0.3 is 11.9 Å². The first-order chi connectivity index (χ1) is 8.54. The summed E-state index contributed by atoms with van der Waals surface area (Å²) >= 11 is 0. The summed E-state index contributed by atoms with van der Waals surface area (Å²) in [4.78, 5) is 22.0. The summed E-state index contributed by atoms with van der Waals surface area (Å²) in [5, 5.41) is 0. The third-order valence-corrected chi connectivity index (χ3v) is 2.53. The Bertz CT molecular complexity index is 440. The Kier molecular flexibility index (Phi) is 5.17. The fourth-order valence-electron chi connectivity index (χ4n) is 1.54. The zero-order valence-electron chi connectivity index (χ0n) is 10.8. The second kappa shape index (κ2) is 6.64. The third kappa shape index (κ3) is 4.08. The molecule has 1 rings (SSSR count). The average molecular weight is 251 g/mol. The number of rotatable bonds is 5. The fourth-order valence-corrected chi connectivity index (χ4v) is 1.54. The van der Waals surface area contributed by atoms with Crippen LogP contribution in [-0.4, -0.2) is 30.2 Å². The normalized spacial score (nSPS) is 10.6. The topological polar surface area (TPSA) is 57.5 Å². The van der Waals surface area contributed by atoms with Crippen LogP contribution in [0, 0.1) is 13.8 Å². The van der Waals surface area contributed by atoms with Gasteiger partial charge in [-0.3, -0.25) is 0 Å². The molecule has 1 heterocycles. The van der Waals surface area contributed by atoms with Gasteiger partial charge < -0.3 is 14.0 Å². The van der Waals surface area contributed by atoms with Gasteiger partial charge in [-0.05, 0) is 26.0 Å². The van der Waals surface area contributed by atoms with Crippen molar-refractivity contribution >= 4 is 11.9 Å². The van der Waals surface area contributed by atoms with Crippen LogP contribution in [0.4, 0.5) is 0 Å². The molecule has 0 atom stereocenters. The molecule has 0 radical (unpaired) electrons. The lowest BCUT2D eigenvalue weighted by molar-refractivity contribution is -0.139. The highest BCUT2D eigenvalue weighted by Crippen LogP contribution is 2.06. The van der Waals surface area contributed by atoms with Gasteiger partial charge in [0.2, 0.25) is 0 Å². The van der Waals surface area contributed by atoms with Gasteiger partial charge in [0.1, 0.15) is 6.61 Å². The van der Waals surface area contributed by atoms with Crippen molar-refractivity contribution in [1.29, 1.82) is 0 Å². The summed E-state index contributed by atoms with van der Waals surface area (Å²) in [5.74, 6) is -1.13. The molecule has 0 spiro atoms. The Morgan fingerprint density at radius 2 is 1.72 bits per heavy atom. The maximum Gasteiger partial charge on any atom is 0.331 e. The first kappa shape index (κ1) is 14.0. The molecule has 0 saturated heterocycles. The molecule has 0 amide bonds. The van der Waals surface area contributed by atoms with Crippen LogP contribution in [0.2, 0.25) is 0 Å². The number of methoxy groups -OCH3 is 1. The summed E-state index contributed by atoms with van der Waals surface area (Å²) in [6.07, 6.45) is 2.09. The Hall–Kier alpha value is -2.04. The van der Waals surface area contributed by atoms with E-state index < -0.39 is 11.9 Å². The van der Waals surface area contributed by atoms with E-state index in [4.69, 9.17) is 4.74 Å². The Labute approximate surface area is 106 Å². The summed E-state index contributed by atoms with van der Waals surface area (Å²) in [6.45, 7) is 4.85. The molecular weight excluding hydrogens is 234 g/mol. The van der Waals surface area contributed by atoms with E-state index in [0.29, 0.717) is 6.54 Å². The molecular formula is C13H17NO4. The molecule has 0 aliphatic rings. The Balaban J connectivity index is 2.36. The number of aryl methyl sites for hydroxylation is 2. The van der Waals surface area contributed by atoms with E-state index in [-0.39, 0.29) is 6.61 Å². The molecule has 1 aromatic rings. The van der Waals surface area contributed by atoms with Crippen molar-refractivity contribution in [1.82, 2.24) is 4.57 Å². The zero-order chi connectivity index (χ0) is 13.5. The van der Waals surface area contributed by atoms with Gasteiger partial charge in [-0.25, -0.2) is 9.59 Å². The standard InChI is InChI=1S/C13H17NO4/c1-10-4-5-11(2)14(10)8-9-18-13(16)7-6-12(15)17-3/h4-7H,8-9H2,1-3H3. The highest BCUT2D eigenvalue weighted by molar-refractivity contribution is 5.91. The summed E-state index contributed by atoms with van der Waals surface area (Å²) < 4.78 is 11.4. The molecule has 5 heteroatoms. The number of ether oxygens (including phenoxy) is 2. The number of carbonyl (C=O) groups is 2. The molecule has 0 bridgehead atoms. The largest absolute Gasteiger partial charge is 0.466 e.